The van der Waals surface area contributed by atoms with E-state index in [0.29, 0.717) is 12.0 Å². The second kappa shape index (κ2) is 4.97. The van der Waals surface area contributed by atoms with Gasteiger partial charge in [-0.25, -0.2) is 0 Å². The molecule has 1 amide bonds. The topological polar surface area (TPSA) is 38.3 Å². The number of nitrogens with one attached hydrogen (secondary N) is 1. The van der Waals surface area contributed by atoms with Crippen LogP contribution >= 0.6 is 0 Å². The number of amides is 1. The van der Waals surface area contributed by atoms with Crippen LogP contribution in [0.1, 0.15) is 40.5 Å². The van der Waals surface area contributed by atoms with Gasteiger partial charge in [-0.2, -0.15) is 0 Å². The summed E-state index contributed by atoms with van der Waals surface area (Å²) in [5.41, 5.74) is -0.291. The lowest BCUT2D eigenvalue weighted by Crippen LogP contribution is -2.39. The molecular formula is C12H23NO2. The summed E-state index contributed by atoms with van der Waals surface area (Å²) in [7, 11) is 0. The molecule has 88 valence electrons. The van der Waals surface area contributed by atoms with Crippen molar-refractivity contribution in [2.45, 2.75) is 46.6 Å². The molecule has 3 nitrogen and oxygen atoms in total. The first-order valence-corrected chi connectivity index (χ1v) is 5.85. The first kappa shape index (κ1) is 12.5. The summed E-state index contributed by atoms with van der Waals surface area (Å²) in [6.45, 7) is 9.54. The Morgan fingerprint density at radius 3 is 2.67 bits per heavy atom. The highest BCUT2D eigenvalue weighted by Crippen LogP contribution is 2.23. The van der Waals surface area contributed by atoms with Crippen molar-refractivity contribution in [3.05, 3.63) is 0 Å². The number of hydrogen-bond acceptors (Lipinski definition) is 2. The number of carbonyl (C=O) groups excluding carboxylic acids is 1. The molecule has 0 aromatic carbocycles. The summed E-state index contributed by atoms with van der Waals surface area (Å²) in [4.78, 5) is 11.7. The standard InChI is InChI=1S/C12H23NO2/c1-5-10-9(6-7-15-10)8-13-11(14)12(2,3)4/h9-10H,5-8H2,1-4H3,(H,13,14). The van der Waals surface area contributed by atoms with Gasteiger partial charge in [-0.05, 0) is 12.8 Å². The lowest BCUT2D eigenvalue weighted by Gasteiger charge is -2.21. The van der Waals surface area contributed by atoms with E-state index in [9.17, 15) is 4.79 Å². The van der Waals surface area contributed by atoms with Crippen LogP contribution in [0.5, 0.6) is 0 Å². The SMILES string of the molecule is CCC1OCCC1CNC(=O)C(C)(C)C. The highest BCUT2D eigenvalue weighted by molar-refractivity contribution is 5.81. The van der Waals surface area contributed by atoms with E-state index in [1.165, 1.54) is 0 Å². The highest BCUT2D eigenvalue weighted by atomic mass is 16.5. The molecule has 0 aromatic rings. The molecule has 0 spiro atoms. The van der Waals surface area contributed by atoms with Crippen molar-refractivity contribution in [1.29, 1.82) is 0 Å². The molecule has 0 aromatic heterocycles. The summed E-state index contributed by atoms with van der Waals surface area (Å²) in [5, 5.41) is 3.01. The van der Waals surface area contributed by atoms with Gasteiger partial charge in [-0.3, -0.25) is 4.79 Å². The van der Waals surface area contributed by atoms with E-state index in [1.54, 1.807) is 0 Å². The van der Waals surface area contributed by atoms with Crippen molar-refractivity contribution in [2.24, 2.45) is 11.3 Å². The van der Waals surface area contributed by atoms with Crippen molar-refractivity contribution in [3.8, 4) is 0 Å². The average Bonchev–Trinajstić information content (AvgIpc) is 2.59. The first-order chi connectivity index (χ1) is 6.95. The normalized spacial score (nSPS) is 26.7. The number of rotatable bonds is 3. The Kier molecular flexibility index (Phi) is 4.14. The molecule has 1 rings (SSSR count). The molecule has 1 heterocycles. The maximum atomic E-state index is 11.7. The van der Waals surface area contributed by atoms with Crippen LogP contribution in [0.4, 0.5) is 0 Å². The van der Waals surface area contributed by atoms with Crippen LogP contribution in [-0.4, -0.2) is 25.2 Å². The Bertz CT molecular complexity index is 220. The summed E-state index contributed by atoms with van der Waals surface area (Å²) in [5.74, 6) is 0.630. The van der Waals surface area contributed by atoms with Crippen LogP contribution in [0, 0.1) is 11.3 Å². The zero-order valence-corrected chi connectivity index (χ0v) is 10.3. The van der Waals surface area contributed by atoms with E-state index < -0.39 is 0 Å². The minimum atomic E-state index is -0.291. The second-order valence-electron chi connectivity index (χ2n) is 5.33. The van der Waals surface area contributed by atoms with E-state index >= 15 is 0 Å². The number of carbonyl (C=O) groups is 1. The predicted octanol–water partition coefficient (Wildman–Crippen LogP) is 1.96. The molecule has 1 saturated heterocycles. The molecule has 0 radical (unpaired) electrons. The van der Waals surface area contributed by atoms with Gasteiger partial charge in [0.25, 0.3) is 0 Å². The highest BCUT2D eigenvalue weighted by Gasteiger charge is 2.28. The lowest BCUT2D eigenvalue weighted by molar-refractivity contribution is -0.128. The van der Waals surface area contributed by atoms with Crippen LogP contribution in [0.15, 0.2) is 0 Å². The van der Waals surface area contributed by atoms with Crippen LogP contribution in [-0.2, 0) is 9.53 Å². The Hall–Kier alpha value is -0.570. The smallest absolute Gasteiger partial charge is 0.225 e. The fraction of sp³-hybridized carbons (Fsp3) is 0.917. The van der Waals surface area contributed by atoms with Crippen molar-refractivity contribution < 1.29 is 9.53 Å². The van der Waals surface area contributed by atoms with E-state index in [2.05, 4.69) is 12.2 Å². The van der Waals surface area contributed by atoms with Crippen LogP contribution in [0.25, 0.3) is 0 Å². The Morgan fingerprint density at radius 1 is 1.47 bits per heavy atom. The molecule has 1 fully saturated rings. The third-order valence-electron chi connectivity index (χ3n) is 2.95. The van der Waals surface area contributed by atoms with E-state index in [1.807, 2.05) is 20.8 Å². The minimum absolute atomic E-state index is 0.129. The molecule has 2 atom stereocenters. The fourth-order valence-electron chi connectivity index (χ4n) is 1.87. The van der Waals surface area contributed by atoms with Crippen LogP contribution in [0.3, 0.4) is 0 Å². The predicted molar refractivity (Wildman–Crippen MR) is 60.6 cm³/mol. The average molecular weight is 213 g/mol. The molecule has 3 heteroatoms. The Morgan fingerprint density at radius 2 is 2.13 bits per heavy atom. The van der Waals surface area contributed by atoms with Crippen LogP contribution in [0.2, 0.25) is 0 Å². The monoisotopic (exact) mass is 213 g/mol. The third kappa shape index (κ3) is 3.49. The molecule has 0 bridgehead atoms. The maximum Gasteiger partial charge on any atom is 0.225 e. The van der Waals surface area contributed by atoms with Crippen molar-refractivity contribution in [1.82, 2.24) is 5.32 Å². The number of ether oxygens (including phenoxy) is 1. The molecule has 2 unspecified atom stereocenters. The molecule has 0 aliphatic carbocycles. The zero-order valence-electron chi connectivity index (χ0n) is 10.3. The lowest BCUT2D eigenvalue weighted by atomic mass is 9.94. The summed E-state index contributed by atoms with van der Waals surface area (Å²) >= 11 is 0. The van der Waals surface area contributed by atoms with Gasteiger partial charge in [0.15, 0.2) is 0 Å². The van der Waals surface area contributed by atoms with Gasteiger partial charge >= 0.3 is 0 Å². The van der Waals surface area contributed by atoms with Gasteiger partial charge in [-0.15, -0.1) is 0 Å². The molecular weight excluding hydrogens is 190 g/mol. The second-order valence-corrected chi connectivity index (χ2v) is 5.33. The van der Waals surface area contributed by atoms with Gasteiger partial charge in [0.2, 0.25) is 5.91 Å². The fourth-order valence-corrected chi connectivity index (χ4v) is 1.87. The molecule has 1 N–H and O–H groups in total. The third-order valence-corrected chi connectivity index (χ3v) is 2.95. The summed E-state index contributed by atoms with van der Waals surface area (Å²) in [6.07, 6.45) is 2.45. The molecule has 0 saturated carbocycles. The zero-order chi connectivity index (χ0) is 11.5. The maximum absolute atomic E-state index is 11.7. The van der Waals surface area contributed by atoms with E-state index in [-0.39, 0.29) is 11.3 Å². The Balaban J connectivity index is 2.34. The van der Waals surface area contributed by atoms with E-state index in [4.69, 9.17) is 4.74 Å². The Labute approximate surface area is 92.6 Å². The summed E-state index contributed by atoms with van der Waals surface area (Å²) < 4.78 is 5.58. The summed E-state index contributed by atoms with van der Waals surface area (Å²) in [6, 6.07) is 0. The van der Waals surface area contributed by atoms with Gasteiger partial charge in [-0.1, -0.05) is 27.7 Å². The van der Waals surface area contributed by atoms with Gasteiger partial charge in [0.1, 0.15) is 0 Å². The van der Waals surface area contributed by atoms with Crippen molar-refractivity contribution >= 4 is 5.91 Å². The molecule has 1 aliphatic heterocycles. The largest absolute Gasteiger partial charge is 0.378 e. The first-order valence-electron chi connectivity index (χ1n) is 5.85. The van der Waals surface area contributed by atoms with Gasteiger partial charge in [0, 0.05) is 24.5 Å². The van der Waals surface area contributed by atoms with Gasteiger partial charge in [0.05, 0.1) is 6.10 Å². The van der Waals surface area contributed by atoms with Gasteiger partial charge < -0.3 is 10.1 Å². The molecule has 1 aliphatic rings. The quantitative estimate of drug-likeness (QED) is 0.778. The minimum Gasteiger partial charge on any atom is -0.378 e. The van der Waals surface area contributed by atoms with Crippen molar-refractivity contribution in [3.63, 3.8) is 0 Å². The van der Waals surface area contributed by atoms with E-state index in [0.717, 1.165) is 26.0 Å². The van der Waals surface area contributed by atoms with Crippen molar-refractivity contribution in [2.75, 3.05) is 13.2 Å². The molecule has 15 heavy (non-hydrogen) atoms. The van der Waals surface area contributed by atoms with Crippen LogP contribution < -0.4 is 5.32 Å². The number of hydrogen-bond donors (Lipinski definition) is 1.